The van der Waals surface area contributed by atoms with Gasteiger partial charge < -0.3 is 14.1 Å². The van der Waals surface area contributed by atoms with E-state index < -0.39 is 5.82 Å². The van der Waals surface area contributed by atoms with E-state index in [1.165, 1.54) is 6.07 Å². The minimum absolute atomic E-state index is 0.0915. The van der Waals surface area contributed by atoms with Gasteiger partial charge in [0.2, 0.25) is 0 Å². The smallest absolute Gasteiger partial charge is 0.339 e. The van der Waals surface area contributed by atoms with Crippen molar-refractivity contribution in [3.8, 4) is 5.75 Å². The minimum atomic E-state index is -0.438. The van der Waals surface area contributed by atoms with Crippen LogP contribution in [-0.4, -0.2) is 6.73 Å². The van der Waals surface area contributed by atoms with E-state index in [1.54, 1.807) is 12.1 Å². The van der Waals surface area contributed by atoms with Crippen LogP contribution in [0.5, 0.6) is 5.75 Å². The van der Waals surface area contributed by atoms with Gasteiger partial charge in [-0.25, -0.2) is 9.18 Å². The minimum Gasteiger partial charge on any atom is -0.472 e. The van der Waals surface area contributed by atoms with Crippen LogP contribution in [0.1, 0.15) is 35.1 Å². The van der Waals surface area contributed by atoms with Crippen molar-refractivity contribution in [3.05, 3.63) is 67.8 Å². The maximum Gasteiger partial charge on any atom is 0.339 e. The summed E-state index contributed by atoms with van der Waals surface area (Å²) < 4.78 is 25.2. The molecule has 0 spiro atoms. The Morgan fingerprint density at radius 1 is 1.14 bits per heavy atom. The standard InChI is InChI=1S/C22H19ClFNO3/c1-12-20-13(10-25(11-27-20)14-6-7-19(24)18(23)9-14)8-17-15-4-2-3-5-16(15)22(26)28-21(12)17/h6-9H,2-5,10-11H2,1H3. The Bertz CT molecular complexity index is 1170. The molecule has 1 aliphatic carbocycles. The summed E-state index contributed by atoms with van der Waals surface area (Å²) in [6.07, 6.45) is 3.78. The lowest BCUT2D eigenvalue weighted by Crippen LogP contribution is -2.32. The molecule has 0 saturated heterocycles. The van der Waals surface area contributed by atoms with Crippen LogP contribution < -0.4 is 15.3 Å². The molecule has 1 aromatic heterocycles. The summed E-state index contributed by atoms with van der Waals surface area (Å²) in [7, 11) is 0. The van der Waals surface area contributed by atoms with Crippen molar-refractivity contribution >= 4 is 28.3 Å². The average Bonchev–Trinajstić information content (AvgIpc) is 2.71. The molecular formula is C22H19ClFNO3. The Kier molecular flexibility index (Phi) is 4.09. The second-order valence-electron chi connectivity index (χ2n) is 7.49. The molecule has 0 bridgehead atoms. The molecule has 2 heterocycles. The number of hydrogen-bond acceptors (Lipinski definition) is 4. The zero-order valence-electron chi connectivity index (χ0n) is 15.5. The normalized spacial score (nSPS) is 15.9. The monoisotopic (exact) mass is 399 g/mol. The Hall–Kier alpha value is -2.53. The van der Waals surface area contributed by atoms with Gasteiger partial charge in [-0.15, -0.1) is 0 Å². The first-order valence-electron chi connectivity index (χ1n) is 9.47. The van der Waals surface area contributed by atoms with Crippen molar-refractivity contribution in [1.82, 2.24) is 0 Å². The summed E-state index contributed by atoms with van der Waals surface area (Å²) in [6.45, 7) is 2.86. The molecule has 0 saturated carbocycles. The van der Waals surface area contributed by atoms with Crippen LogP contribution in [0, 0.1) is 12.7 Å². The number of rotatable bonds is 1. The van der Waals surface area contributed by atoms with E-state index >= 15 is 0 Å². The molecule has 1 aliphatic heterocycles. The summed E-state index contributed by atoms with van der Waals surface area (Å²) in [5.41, 5.74) is 5.03. The third-order valence-electron chi connectivity index (χ3n) is 5.76. The van der Waals surface area contributed by atoms with Crippen molar-refractivity contribution in [2.75, 3.05) is 11.6 Å². The fraction of sp³-hybridized carbons (Fsp3) is 0.318. The number of nitrogens with zero attached hydrogens (tertiary/aromatic N) is 1. The maximum absolute atomic E-state index is 13.5. The molecule has 0 unspecified atom stereocenters. The Morgan fingerprint density at radius 3 is 2.71 bits per heavy atom. The molecule has 28 heavy (non-hydrogen) atoms. The zero-order chi connectivity index (χ0) is 19.4. The highest BCUT2D eigenvalue weighted by Crippen LogP contribution is 2.39. The Morgan fingerprint density at radius 2 is 1.93 bits per heavy atom. The molecule has 2 aromatic carbocycles. The van der Waals surface area contributed by atoms with Gasteiger partial charge >= 0.3 is 5.63 Å². The van der Waals surface area contributed by atoms with Crippen molar-refractivity contribution in [1.29, 1.82) is 0 Å². The summed E-state index contributed by atoms with van der Waals surface area (Å²) in [5, 5.41) is 1.10. The van der Waals surface area contributed by atoms with Gasteiger partial charge in [-0.05, 0) is 62.4 Å². The van der Waals surface area contributed by atoms with Gasteiger partial charge in [-0.3, -0.25) is 0 Å². The quantitative estimate of drug-likeness (QED) is 0.532. The molecule has 0 N–H and O–H groups in total. The number of hydrogen-bond donors (Lipinski definition) is 0. The lowest BCUT2D eigenvalue weighted by atomic mass is 9.89. The van der Waals surface area contributed by atoms with E-state index in [-0.39, 0.29) is 10.6 Å². The second kappa shape index (κ2) is 6.52. The zero-order valence-corrected chi connectivity index (χ0v) is 16.2. The van der Waals surface area contributed by atoms with E-state index in [9.17, 15) is 9.18 Å². The van der Waals surface area contributed by atoms with Crippen LogP contribution in [-0.2, 0) is 19.4 Å². The molecular weight excluding hydrogens is 381 g/mol. The van der Waals surface area contributed by atoms with Gasteiger partial charge in [-0.1, -0.05) is 11.6 Å². The fourth-order valence-corrected chi connectivity index (χ4v) is 4.52. The average molecular weight is 400 g/mol. The van der Waals surface area contributed by atoms with Crippen LogP contribution in [0.3, 0.4) is 0 Å². The SMILES string of the molecule is Cc1c2c(cc3c4c(c(=O)oc13)CCCC4)CN(c1ccc(F)c(Cl)c1)CO2. The third-order valence-corrected chi connectivity index (χ3v) is 6.05. The number of fused-ring (bicyclic) bond motifs is 4. The van der Waals surface area contributed by atoms with Crippen LogP contribution >= 0.6 is 11.6 Å². The van der Waals surface area contributed by atoms with Gasteiger partial charge in [-0.2, -0.15) is 0 Å². The molecule has 5 rings (SSSR count). The summed E-state index contributed by atoms with van der Waals surface area (Å²) in [5.74, 6) is 0.322. The number of anilines is 1. The van der Waals surface area contributed by atoms with E-state index in [2.05, 4.69) is 6.07 Å². The van der Waals surface area contributed by atoms with Gasteiger partial charge in [0.15, 0.2) is 6.73 Å². The Balaban J connectivity index is 1.63. The van der Waals surface area contributed by atoms with E-state index in [0.29, 0.717) is 18.9 Å². The molecule has 144 valence electrons. The van der Waals surface area contributed by atoms with Gasteiger partial charge in [0.1, 0.15) is 17.1 Å². The molecule has 0 fully saturated rings. The fourth-order valence-electron chi connectivity index (χ4n) is 4.35. The van der Waals surface area contributed by atoms with Crippen molar-refractivity contribution in [2.24, 2.45) is 0 Å². The number of halogens is 2. The largest absolute Gasteiger partial charge is 0.472 e. The molecule has 6 heteroatoms. The first kappa shape index (κ1) is 17.6. The first-order valence-corrected chi connectivity index (χ1v) is 9.84. The molecule has 0 radical (unpaired) electrons. The van der Waals surface area contributed by atoms with Crippen LogP contribution in [0.25, 0.3) is 11.0 Å². The Labute approximate surface area is 166 Å². The lowest BCUT2D eigenvalue weighted by molar-refractivity contribution is 0.287. The summed E-state index contributed by atoms with van der Waals surface area (Å²) in [6, 6.07) is 6.76. The van der Waals surface area contributed by atoms with E-state index in [1.807, 2.05) is 11.8 Å². The molecule has 2 aliphatic rings. The highest BCUT2D eigenvalue weighted by molar-refractivity contribution is 6.31. The van der Waals surface area contributed by atoms with E-state index in [0.717, 1.165) is 64.8 Å². The van der Waals surface area contributed by atoms with Crippen molar-refractivity contribution in [3.63, 3.8) is 0 Å². The van der Waals surface area contributed by atoms with Crippen LogP contribution in [0.2, 0.25) is 5.02 Å². The topological polar surface area (TPSA) is 42.7 Å². The van der Waals surface area contributed by atoms with Crippen LogP contribution in [0.4, 0.5) is 10.1 Å². The maximum atomic E-state index is 13.5. The highest BCUT2D eigenvalue weighted by Gasteiger charge is 2.26. The van der Waals surface area contributed by atoms with E-state index in [4.69, 9.17) is 20.8 Å². The number of ether oxygens (including phenoxy) is 1. The first-order chi connectivity index (χ1) is 13.5. The molecule has 3 aromatic rings. The number of aryl methyl sites for hydroxylation is 2. The third kappa shape index (κ3) is 2.68. The van der Waals surface area contributed by atoms with Gasteiger partial charge in [0.05, 0.1) is 5.02 Å². The van der Waals surface area contributed by atoms with Crippen LogP contribution in [0.15, 0.2) is 33.5 Å². The van der Waals surface area contributed by atoms with Crippen molar-refractivity contribution in [2.45, 2.75) is 39.2 Å². The van der Waals surface area contributed by atoms with Crippen molar-refractivity contribution < 1.29 is 13.5 Å². The molecule has 0 atom stereocenters. The molecule has 4 nitrogen and oxygen atoms in total. The lowest BCUT2D eigenvalue weighted by Gasteiger charge is -2.32. The predicted octanol–water partition coefficient (Wildman–Crippen LogP) is 5.13. The van der Waals surface area contributed by atoms with Gasteiger partial charge in [0.25, 0.3) is 0 Å². The molecule has 0 amide bonds. The highest BCUT2D eigenvalue weighted by atomic mass is 35.5. The van der Waals surface area contributed by atoms with Gasteiger partial charge in [0, 0.05) is 34.3 Å². The predicted molar refractivity (Wildman–Crippen MR) is 107 cm³/mol. The second-order valence-corrected chi connectivity index (χ2v) is 7.90. The number of benzene rings is 2. The summed E-state index contributed by atoms with van der Waals surface area (Å²) >= 11 is 5.95. The summed E-state index contributed by atoms with van der Waals surface area (Å²) in [4.78, 5) is 14.4.